The second-order valence-electron chi connectivity index (χ2n) is 4.45. The molecule has 4 nitrogen and oxygen atoms in total. The number of nitrogens with two attached hydrogens (primary N) is 1. The highest BCUT2D eigenvalue weighted by atomic mass is 32.1. The number of nitrogens with zero attached hydrogens (tertiary/aromatic N) is 2. The summed E-state index contributed by atoms with van der Waals surface area (Å²) in [6.45, 7) is 2.03. The molecule has 3 rings (SSSR count). The Hall–Kier alpha value is -2.12. The highest BCUT2D eigenvalue weighted by Crippen LogP contribution is 2.32. The molecule has 2 heterocycles. The van der Waals surface area contributed by atoms with Gasteiger partial charge in [0.2, 0.25) is 0 Å². The van der Waals surface area contributed by atoms with Gasteiger partial charge in [0.15, 0.2) is 11.6 Å². The number of thiophene rings is 1. The zero-order valence-electron chi connectivity index (χ0n) is 11.2. The van der Waals surface area contributed by atoms with Gasteiger partial charge in [0.1, 0.15) is 16.5 Å². The second-order valence-corrected chi connectivity index (χ2v) is 5.56. The zero-order valence-corrected chi connectivity index (χ0v) is 12.0. The first-order chi connectivity index (χ1) is 10.1. The molecule has 0 radical (unpaired) electrons. The van der Waals surface area contributed by atoms with Crippen LogP contribution in [0.25, 0.3) is 21.6 Å². The van der Waals surface area contributed by atoms with E-state index in [2.05, 4.69) is 15.4 Å². The van der Waals surface area contributed by atoms with Crippen molar-refractivity contribution in [3.05, 3.63) is 40.8 Å². The molecule has 0 saturated heterocycles. The lowest BCUT2D eigenvalue weighted by molar-refractivity contribution is 0.602. The second kappa shape index (κ2) is 5.34. The van der Waals surface area contributed by atoms with Crippen LogP contribution in [0, 0.1) is 11.6 Å². The molecule has 1 aromatic carbocycles. The minimum absolute atomic E-state index is 0.0137. The summed E-state index contributed by atoms with van der Waals surface area (Å²) < 4.78 is 27.2. The monoisotopic (exact) mass is 306 g/mol. The van der Waals surface area contributed by atoms with Gasteiger partial charge in [-0.25, -0.2) is 24.6 Å². The molecule has 0 atom stereocenters. The fraction of sp³-hybridized carbons (Fsp3) is 0.143. The molecule has 0 saturated carbocycles. The van der Waals surface area contributed by atoms with Crippen molar-refractivity contribution in [2.75, 3.05) is 5.43 Å². The smallest absolute Gasteiger partial charge is 0.166 e. The molecule has 0 spiro atoms. The molecule has 3 N–H and O–H groups in total. The molecule has 0 fully saturated rings. The van der Waals surface area contributed by atoms with Gasteiger partial charge in [0, 0.05) is 4.88 Å². The predicted octanol–water partition coefficient (Wildman–Crippen LogP) is 3.48. The normalized spacial score (nSPS) is 11.0. The Labute approximate surface area is 123 Å². The average Bonchev–Trinajstić information content (AvgIpc) is 2.91. The molecule has 0 aliphatic carbocycles. The van der Waals surface area contributed by atoms with Gasteiger partial charge in [-0.2, -0.15) is 0 Å². The summed E-state index contributed by atoms with van der Waals surface area (Å²) in [7, 11) is 0. The highest BCUT2D eigenvalue weighted by molar-refractivity contribution is 7.18. The molecule has 7 heteroatoms. The standard InChI is InChI=1S/C14H12F2N4S/c1-2-8-6-10-13(20-17)18-12(19-14(10)21-8)9-5-7(15)3-4-11(9)16/h3-6H,2,17H2,1H3,(H,18,19,20). The maximum Gasteiger partial charge on any atom is 0.166 e. The molecular weight excluding hydrogens is 294 g/mol. The number of rotatable bonds is 3. The summed E-state index contributed by atoms with van der Waals surface area (Å²) in [5, 5.41) is 0.778. The maximum atomic E-state index is 13.9. The van der Waals surface area contributed by atoms with Crippen molar-refractivity contribution in [3.63, 3.8) is 0 Å². The van der Waals surface area contributed by atoms with Gasteiger partial charge in [-0.1, -0.05) is 6.92 Å². The lowest BCUT2D eigenvalue weighted by Crippen LogP contribution is -2.10. The van der Waals surface area contributed by atoms with Crippen LogP contribution in [0.5, 0.6) is 0 Å². The fourth-order valence-corrected chi connectivity index (χ4v) is 3.01. The van der Waals surface area contributed by atoms with Crippen LogP contribution in [0.15, 0.2) is 24.3 Å². The number of halogens is 2. The van der Waals surface area contributed by atoms with E-state index in [0.29, 0.717) is 10.6 Å². The van der Waals surface area contributed by atoms with E-state index in [9.17, 15) is 8.78 Å². The number of hydrazine groups is 1. The summed E-state index contributed by atoms with van der Waals surface area (Å²) in [6.07, 6.45) is 0.856. The summed E-state index contributed by atoms with van der Waals surface area (Å²) in [5.74, 6) is 4.86. The molecule has 3 aromatic rings. The molecule has 0 bridgehead atoms. The Morgan fingerprint density at radius 1 is 1.24 bits per heavy atom. The number of aromatic nitrogens is 2. The third-order valence-corrected chi connectivity index (χ3v) is 4.27. The number of aryl methyl sites for hydroxylation is 1. The van der Waals surface area contributed by atoms with Crippen molar-refractivity contribution in [1.29, 1.82) is 0 Å². The van der Waals surface area contributed by atoms with Gasteiger partial charge >= 0.3 is 0 Å². The number of anilines is 1. The summed E-state index contributed by atoms with van der Waals surface area (Å²) >= 11 is 1.48. The molecule has 0 unspecified atom stereocenters. The Morgan fingerprint density at radius 2 is 2.05 bits per heavy atom. The quantitative estimate of drug-likeness (QED) is 0.574. The van der Waals surface area contributed by atoms with Crippen molar-refractivity contribution in [2.24, 2.45) is 5.84 Å². The van der Waals surface area contributed by atoms with Gasteiger partial charge in [0.25, 0.3) is 0 Å². The minimum Gasteiger partial charge on any atom is -0.308 e. The van der Waals surface area contributed by atoms with Crippen LogP contribution in [0.2, 0.25) is 0 Å². The number of hydrogen-bond acceptors (Lipinski definition) is 5. The van der Waals surface area contributed by atoms with Gasteiger partial charge in [-0.05, 0) is 30.7 Å². The van der Waals surface area contributed by atoms with Crippen molar-refractivity contribution in [3.8, 4) is 11.4 Å². The van der Waals surface area contributed by atoms with E-state index < -0.39 is 11.6 Å². The first kappa shape index (κ1) is 13.8. The SMILES string of the molecule is CCc1cc2c(NN)nc(-c3cc(F)ccc3F)nc2s1. The van der Waals surface area contributed by atoms with Crippen LogP contribution in [-0.2, 0) is 6.42 Å². The third kappa shape index (κ3) is 2.45. The van der Waals surface area contributed by atoms with Crippen LogP contribution in [0.1, 0.15) is 11.8 Å². The van der Waals surface area contributed by atoms with Crippen molar-refractivity contribution in [1.82, 2.24) is 9.97 Å². The first-order valence-electron chi connectivity index (χ1n) is 6.35. The molecule has 0 aliphatic rings. The van der Waals surface area contributed by atoms with E-state index in [1.54, 1.807) is 0 Å². The summed E-state index contributed by atoms with van der Waals surface area (Å²) in [6, 6.07) is 5.13. The van der Waals surface area contributed by atoms with E-state index in [4.69, 9.17) is 5.84 Å². The van der Waals surface area contributed by atoms with E-state index in [-0.39, 0.29) is 11.4 Å². The van der Waals surface area contributed by atoms with E-state index in [1.807, 2.05) is 13.0 Å². The Bertz CT molecular complexity index is 816. The van der Waals surface area contributed by atoms with Crippen LogP contribution in [0.4, 0.5) is 14.6 Å². The summed E-state index contributed by atoms with van der Waals surface area (Å²) in [5.41, 5.74) is 2.50. The van der Waals surface area contributed by atoms with Crippen molar-refractivity contribution in [2.45, 2.75) is 13.3 Å². The summed E-state index contributed by atoms with van der Waals surface area (Å²) in [4.78, 5) is 10.3. The van der Waals surface area contributed by atoms with Crippen molar-refractivity contribution >= 4 is 27.4 Å². The third-order valence-electron chi connectivity index (χ3n) is 3.10. The number of hydrogen-bond donors (Lipinski definition) is 2. The maximum absolute atomic E-state index is 13.9. The topological polar surface area (TPSA) is 63.8 Å². The van der Waals surface area contributed by atoms with Gasteiger partial charge in [0.05, 0.1) is 10.9 Å². The number of nitrogens with one attached hydrogen (secondary N) is 1. The fourth-order valence-electron chi connectivity index (χ4n) is 2.04. The first-order valence-corrected chi connectivity index (χ1v) is 7.16. The van der Waals surface area contributed by atoms with Crippen LogP contribution in [-0.4, -0.2) is 9.97 Å². The van der Waals surface area contributed by atoms with Crippen LogP contribution >= 0.6 is 11.3 Å². The lowest BCUT2D eigenvalue weighted by Gasteiger charge is -2.06. The number of nitrogen functional groups attached to an aromatic ring is 1. The van der Waals surface area contributed by atoms with Gasteiger partial charge in [-0.15, -0.1) is 11.3 Å². The minimum atomic E-state index is -0.578. The van der Waals surface area contributed by atoms with Gasteiger partial charge in [-0.3, -0.25) is 0 Å². The molecule has 0 amide bonds. The van der Waals surface area contributed by atoms with Crippen LogP contribution in [0.3, 0.4) is 0 Å². The number of fused-ring (bicyclic) bond motifs is 1. The molecular formula is C14H12F2N4S. The predicted molar refractivity (Wildman–Crippen MR) is 80.0 cm³/mol. The largest absolute Gasteiger partial charge is 0.308 e. The van der Waals surface area contributed by atoms with E-state index in [1.165, 1.54) is 11.3 Å². The zero-order chi connectivity index (χ0) is 15.0. The molecule has 0 aliphatic heterocycles. The molecule has 2 aromatic heterocycles. The van der Waals surface area contributed by atoms with E-state index >= 15 is 0 Å². The average molecular weight is 306 g/mol. The highest BCUT2D eigenvalue weighted by Gasteiger charge is 2.15. The van der Waals surface area contributed by atoms with Crippen molar-refractivity contribution < 1.29 is 8.78 Å². The molecule has 108 valence electrons. The Kier molecular flexibility index (Phi) is 3.52. The number of benzene rings is 1. The van der Waals surface area contributed by atoms with Crippen LogP contribution < -0.4 is 11.3 Å². The van der Waals surface area contributed by atoms with E-state index in [0.717, 1.165) is 34.9 Å². The lowest BCUT2D eigenvalue weighted by atomic mass is 10.2. The molecule has 21 heavy (non-hydrogen) atoms. The van der Waals surface area contributed by atoms with Gasteiger partial charge < -0.3 is 5.43 Å². The Balaban J connectivity index is 2.25. The Morgan fingerprint density at radius 3 is 2.76 bits per heavy atom.